The Hall–Kier alpha value is -1.85. The number of rotatable bonds is 2. The van der Waals surface area contributed by atoms with Crippen LogP contribution in [0.1, 0.15) is 19.5 Å². The van der Waals surface area contributed by atoms with E-state index in [-0.39, 0.29) is 16.8 Å². The first-order valence-electron chi connectivity index (χ1n) is 5.86. The molecule has 2 heterocycles. The van der Waals surface area contributed by atoms with Crippen LogP contribution in [0.2, 0.25) is 0 Å². The van der Waals surface area contributed by atoms with Crippen molar-refractivity contribution in [2.45, 2.75) is 26.6 Å². The molecule has 0 atom stereocenters. The molecular formula is C13H13F3N2O. The van der Waals surface area contributed by atoms with E-state index in [0.29, 0.717) is 6.54 Å². The summed E-state index contributed by atoms with van der Waals surface area (Å²) in [5.74, 6) is 0.258. The molecule has 6 heteroatoms. The molecule has 0 fully saturated rings. The lowest BCUT2D eigenvalue weighted by Gasteiger charge is -2.15. The van der Waals surface area contributed by atoms with Gasteiger partial charge < -0.3 is 4.57 Å². The Morgan fingerprint density at radius 1 is 1.32 bits per heavy atom. The van der Waals surface area contributed by atoms with Crippen molar-refractivity contribution in [2.24, 2.45) is 5.92 Å². The van der Waals surface area contributed by atoms with Crippen LogP contribution in [0.5, 0.6) is 0 Å². The van der Waals surface area contributed by atoms with E-state index < -0.39 is 17.3 Å². The summed E-state index contributed by atoms with van der Waals surface area (Å²) in [4.78, 5) is 15.1. The molecule has 0 bridgehead atoms. The first-order valence-corrected chi connectivity index (χ1v) is 5.86. The highest BCUT2D eigenvalue weighted by atomic mass is 19.4. The molecule has 102 valence electrons. The van der Waals surface area contributed by atoms with E-state index >= 15 is 0 Å². The Bertz CT molecular complexity index is 659. The Morgan fingerprint density at radius 2 is 2.00 bits per heavy atom. The number of aromatic nitrogens is 2. The predicted molar refractivity (Wildman–Crippen MR) is 65.8 cm³/mol. The summed E-state index contributed by atoms with van der Waals surface area (Å²) >= 11 is 0. The zero-order valence-corrected chi connectivity index (χ0v) is 10.5. The van der Waals surface area contributed by atoms with E-state index in [9.17, 15) is 18.0 Å². The molecule has 2 aromatic rings. The monoisotopic (exact) mass is 270 g/mol. The van der Waals surface area contributed by atoms with Crippen molar-refractivity contribution in [2.75, 3.05) is 0 Å². The number of halogens is 3. The van der Waals surface area contributed by atoms with E-state index in [4.69, 9.17) is 0 Å². The van der Waals surface area contributed by atoms with Gasteiger partial charge in [-0.3, -0.25) is 9.78 Å². The molecule has 0 aromatic carbocycles. The first-order chi connectivity index (χ1) is 8.80. The van der Waals surface area contributed by atoms with Crippen molar-refractivity contribution in [1.29, 1.82) is 0 Å². The minimum Gasteiger partial charge on any atom is -0.347 e. The summed E-state index contributed by atoms with van der Waals surface area (Å²) in [6.07, 6.45) is -2.03. The Balaban J connectivity index is 2.80. The van der Waals surface area contributed by atoms with Gasteiger partial charge in [-0.05, 0) is 12.0 Å². The summed E-state index contributed by atoms with van der Waals surface area (Å²) < 4.78 is 40.3. The molecule has 3 nitrogen and oxygen atoms in total. The third kappa shape index (κ3) is 2.62. The number of fused-ring (bicyclic) bond motifs is 1. The molecule has 0 aliphatic carbocycles. The topological polar surface area (TPSA) is 34.9 Å². The van der Waals surface area contributed by atoms with Gasteiger partial charge in [0.25, 0.3) is 0 Å². The summed E-state index contributed by atoms with van der Waals surface area (Å²) in [5.41, 5.74) is -1.51. The third-order valence-electron chi connectivity index (χ3n) is 2.72. The van der Waals surface area contributed by atoms with Crippen LogP contribution in [0, 0.1) is 5.92 Å². The normalized spacial score (nSPS) is 12.3. The van der Waals surface area contributed by atoms with Gasteiger partial charge in [-0.2, -0.15) is 13.2 Å². The standard InChI is InChI=1S/C13H13F3N2O/c1-8(2)7-18-6-4-10(19)11-9(18)3-5-17-12(11)13(14,15)16/h3-6,8H,7H2,1-2H3. The van der Waals surface area contributed by atoms with Gasteiger partial charge in [-0.1, -0.05) is 13.8 Å². The highest BCUT2D eigenvalue weighted by Crippen LogP contribution is 2.31. The second-order valence-electron chi connectivity index (χ2n) is 4.78. The van der Waals surface area contributed by atoms with Crippen LogP contribution in [0.15, 0.2) is 29.3 Å². The fourth-order valence-corrected chi connectivity index (χ4v) is 2.02. The molecule has 0 aliphatic rings. The van der Waals surface area contributed by atoms with E-state index in [1.165, 1.54) is 12.3 Å². The van der Waals surface area contributed by atoms with Crippen molar-refractivity contribution in [3.63, 3.8) is 0 Å². The van der Waals surface area contributed by atoms with Crippen molar-refractivity contribution in [1.82, 2.24) is 9.55 Å². The van der Waals surface area contributed by atoms with Gasteiger partial charge in [-0.15, -0.1) is 0 Å². The lowest BCUT2D eigenvalue weighted by molar-refractivity contribution is -0.139. The van der Waals surface area contributed by atoms with E-state index in [1.54, 1.807) is 4.57 Å². The largest absolute Gasteiger partial charge is 0.434 e. The lowest BCUT2D eigenvalue weighted by Crippen LogP contribution is -2.17. The van der Waals surface area contributed by atoms with Gasteiger partial charge in [0, 0.05) is 25.0 Å². The molecule has 2 rings (SSSR count). The van der Waals surface area contributed by atoms with Gasteiger partial charge in [0.1, 0.15) is 0 Å². The van der Waals surface area contributed by atoms with Gasteiger partial charge in [-0.25, -0.2) is 0 Å². The van der Waals surface area contributed by atoms with Crippen LogP contribution in [-0.4, -0.2) is 9.55 Å². The molecule has 0 radical (unpaired) electrons. The molecule has 0 amide bonds. The minimum absolute atomic E-state index is 0.258. The summed E-state index contributed by atoms with van der Waals surface area (Å²) in [6.45, 7) is 4.45. The number of hydrogen-bond donors (Lipinski definition) is 0. The average Bonchev–Trinajstić information content (AvgIpc) is 2.30. The Labute approximate surface area is 107 Å². The van der Waals surface area contributed by atoms with Gasteiger partial charge in [0.15, 0.2) is 11.1 Å². The van der Waals surface area contributed by atoms with Crippen molar-refractivity contribution >= 4 is 10.9 Å². The molecule has 0 saturated heterocycles. The highest BCUT2D eigenvalue weighted by molar-refractivity contribution is 5.81. The highest BCUT2D eigenvalue weighted by Gasteiger charge is 2.35. The van der Waals surface area contributed by atoms with Gasteiger partial charge in [0.2, 0.25) is 0 Å². The van der Waals surface area contributed by atoms with E-state index in [0.717, 1.165) is 12.3 Å². The minimum atomic E-state index is -4.63. The quantitative estimate of drug-likeness (QED) is 0.840. The number of hydrogen-bond acceptors (Lipinski definition) is 2. The molecule has 0 N–H and O–H groups in total. The maximum atomic E-state index is 12.9. The zero-order chi connectivity index (χ0) is 14.2. The number of nitrogens with zero attached hydrogens (tertiary/aromatic N) is 2. The molecule has 0 spiro atoms. The summed E-state index contributed by atoms with van der Waals surface area (Å²) in [5, 5.41) is -0.363. The third-order valence-corrected chi connectivity index (χ3v) is 2.72. The smallest absolute Gasteiger partial charge is 0.347 e. The van der Waals surface area contributed by atoms with Crippen molar-refractivity contribution < 1.29 is 13.2 Å². The van der Waals surface area contributed by atoms with Crippen LogP contribution in [0.3, 0.4) is 0 Å². The molecule has 0 saturated carbocycles. The van der Waals surface area contributed by atoms with Crippen LogP contribution in [-0.2, 0) is 12.7 Å². The fraction of sp³-hybridized carbons (Fsp3) is 0.385. The van der Waals surface area contributed by atoms with Crippen LogP contribution in [0.25, 0.3) is 10.9 Å². The van der Waals surface area contributed by atoms with Crippen molar-refractivity contribution in [3.05, 3.63) is 40.4 Å². The Kier molecular flexibility index (Phi) is 3.34. The van der Waals surface area contributed by atoms with E-state index in [1.807, 2.05) is 13.8 Å². The molecular weight excluding hydrogens is 257 g/mol. The molecule has 0 unspecified atom stereocenters. The van der Waals surface area contributed by atoms with Gasteiger partial charge >= 0.3 is 6.18 Å². The van der Waals surface area contributed by atoms with Crippen LogP contribution in [0.4, 0.5) is 13.2 Å². The lowest BCUT2D eigenvalue weighted by atomic mass is 10.1. The average molecular weight is 270 g/mol. The number of alkyl halides is 3. The van der Waals surface area contributed by atoms with Crippen LogP contribution < -0.4 is 5.43 Å². The second-order valence-corrected chi connectivity index (χ2v) is 4.78. The molecule has 0 aliphatic heterocycles. The molecule has 19 heavy (non-hydrogen) atoms. The fourth-order valence-electron chi connectivity index (χ4n) is 2.02. The van der Waals surface area contributed by atoms with Crippen LogP contribution >= 0.6 is 0 Å². The zero-order valence-electron chi connectivity index (χ0n) is 10.5. The van der Waals surface area contributed by atoms with Gasteiger partial charge in [0.05, 0.1) is 10.9 Å². The van der Waals surface area contributed by atoms with E-state index in [2.05, 4.69) is 4.98 Å². The SMILES string of the molecule is CC(C)Cn1ccc(=O)c2c(C(F)(F)F)nccc21. The van der Waals surface area contributed by atoms with Crippen molar-refractivity contribution in [3.8, 4) is 0 Å². The molecule has 2 aromatic heterocycles. The first kappa shape index (κ1) is 13.6. The second kappa shape index (κ2) is 4.68. The maximum absolute atomic E-state index is 12.9. The number of pyridine rings is 2. The summed E-state index contributed by atoms with van der Waals surface area (Å²) in [7, 11) is 0. The maximum Gasteiger partial charge on any atom is 0.434 e. The summed E-state index contributed by atoms with van der Waals surface area (Å²) in [6, 6.07) is 2.59. The Morgan fingerprint density at radius 3 is 2.58 bits per heavy atom. The predicted octanol–water partition coefficient (Wildman–Crippen LogP) is 3.07.